The minimum absolute atomic E-state index is 0.358. The number of hydrogen-bond acceptors (Lipinski definition) is 2. The lowest BCUT2D eigenvalue weighted by molar-refractivity contribution is 0.0697. The van der Waals surface area contributed by atoms with Crippen LogP contribution >= 0.6 is 0 Å². The van der Waals surface area contributed by atoms with E-state index in [1.54, 1.807) is 12.1 Å². The topological polar surface area (TPSA) is 40.5 Å². The fourth-order valence-corrected chi connectivity index (χ4v) is 1.66. The number of carboxylic acids is 1. The SMILES string of the molecule is CCN(CC)c1cc(C)cc(C(=O)O)c1. The number of anilines is 1. The van der Waals surface area contributed by atoms with Gasteiger partial charge in [-0.3, -0.25) is 0 Å². The van der Waals surface area contributed by atoms with Crippen molar-refractivity contribution in [2.24, 2.45) is 0 Å². The first-order chi connectivity index (χ1) is 7.08. The first-order valence-corrected chi connectivity index (χ1v) is 5.18. The second-order valence-corrected chi connectivity index (χ2v) is 3.53. The molecule has 0 heterocycles. The molecule has 0 radical (unpaired) electrons. The fraction of sp³-hybridized carbons (Fsp3) is 0.417. The maximum atomic E-state index is 10.9. The van der Waals surface area contributed by atoms with Gasteiger partial charge in [-0.05, 0) is 44.5 Å². The van der Waals surface area contributed by atoms with Crippen molar-refractivity contribution in [3.63, 3.8) is 0 Å². The molecule has 1 aromatic rings. The zero-order valence-electron chi connectivity index (χ0n) is 9.45. The first-order valence-electron chi connectivity index (χ1n) is 5.18. The van der Waals surface area contributed by atoms with Gasteiger partial charge in [0.05, 0.1) is 5.56 Å². The van der Waals surface area contributed by atoms with Crippen LogP contribution in [-0.2, 0) is 0 Å². The van der Waals surface area contributed by atoms with Crippen molar-refractivity contribution in [1.29, 1.82) is 0 Å². The average molecular weight is 207 g/mol. The highest BCUT2D eigenvalue weighted by Gasteiger charge is 2.08. The highest BCUT2D eigenvalue weighted by Crippen LogP contribution is 2.18. The maximum Gasteiger partial charge on any atom is 0.335 e. The average Bonchev–Trinajstić information content (AvgIpc) is 2.18. The van der Waals surface area contributed by atoms with Crippen molar-refractivity contribution in [2.75, 3.05) is 18.0 Å². The molecule has 0 atom stereocenters. The van der Waals surface area contributed by atoms with Gasteiger partial charge in [0.1, 0.15) is 0 Å². The molecule has 0 spiro atoms. The number of hydrogen-bond donors (Lipinski definition) is 1. The summed E-state index contributed by atoms with van der Waals surface area (Å²) in [5.74, 6) is -0.868. The number of rotatable bonds is 4. The van der Waals surface area contributed by atoms with Crippen molar-refractivity contribution >= 4 is 11.7 Å². The largest absolute Gasteiger partial charge is 0.478 e. The third-order valence-electron chi connectivity index (χ3n) is 2.44. The minimum Gasteiger partial charge on any atom is -0.478 e. The van der Waals surface area contributed by atoms with E-state index < -0.39 is 5.97 Å². The molecule has 0 aliphatic carbocycles. The lowest BCUT2D eigenvalue weighted by Gasteiger charge is -2.21. The Kier molecular flexibility index (Phi) is 3.72. The van der Waals surface area contributed by atoms with Gasteiger partial charge in [0, 0.05) is 18.8 Å². The summed E-state index contributed by atoms with van der Waals surface area (Å²) in [6.07, 6.45) is 0. The second-order valence-electron chi connectivity index (χ2n) is 3.53. The van der Waals surface area contributed by atoms with Gasteiger partial charge in [-0.1, -0.05) is 0 Å². The van der Waals surface area contributed by atoms with Crippen molar-refractivity contribution in [3.8, 4) is 0 Å². The Bertz CT molecular complexity index is 357. The number of carbonyl (C=O) groups is 1. The third kappa shape index (κ3) is 2.72. The van der Waals surface area contributed by atoms with E-state index in [9.17, 15) is 4.79 Å². The molecule has 0 saturated heterocycles. The molecule has 1 N–H and O–H groups in total. The molecule has 0 aromatic heterocycles. The number of aromatic carboxylic acids is 1. The Morgan fingerprint density at radius 2 is 1.87 bits per heavy atom. The number of aryl methyl sites for hydroxylation is 1. The van der Waals surface area contributed by atoms with Crippen LogP contribution in [0.1, 0.15) is 29.8 Å². The van der Waals surface area contributed by atoms with E-state index in [-0.39, 0.29) is 0 Å². The standard InChI is InChI=1S/C12H17NO2/c1-4-13(5-2)11-7-9(3)6-10(8-11)12(14)15/h6-8H,4-5H2,1-3H3,(H,14,15). The van der Waals surface area contributed by atoms with Crippen LogP contribution in [0, 0.1) is 6.92 Å². The summed E-state index contributed by atoms with van der Waals surface area (Å²) in [4.78, 5) is 13.0. The molecular weight excluding hydrogens is 190 g/mol. The molecule has 3 nitrogen and oxygen atoms in total. The van der Waals surface area contributed by atoms with Crippen LogP contribution in [0.2, 0.25) is 0 Å². The summed E-state index contributed by atoms with van der Waals surface area (Å²) in [5.41, 5.74) is 2.33. The highest BCUT2D eigenvalue weighted by molar-refractivity contribution is 5.89. The van der Waals surface area contributed by atoms with Crippen LogP contribution in [0.15, 0.2) is 18.2 Å². The quantitative estimate of drug-likeness (QED) is 0.824. The molecular formula is C12H17NO2. The van der Waals surface area contributed by atoms with Gasteiger partial charge in [0.25, 0.3) is 0 Å². The normalized spacial score (nSPS) is 10.1. The summed E-state index contributed by atoms with van der Waals surface area (Å²) < 4.78 is 0. The molecule has 1 rings (SSSR count). The van der Waals surface area contributed by atoms with Gasteiger partial charge in [0.15, 0.2) is 0 Å². The molecule has 0 aliphatic heterocycles. The molecule has 1 aromatic carbocycles. The van der Waals surface area contributed by atoms with E-state index in [4.69, 9.17) is 5.11 Å². The van der Waals surface area contributed by atoms with Crippen LogP contribution < -0.4 is 4.90 Å². The Morgan fingerprint density at radius 1 is 1.27 bits per heavy atom. The molecule has 82 valence electrons. The van der Waals surface area contributed by atoms with E-state index in [1.807, 2.05) is 13.0 Å². The second kappa shape index (κ2) is 4.82. The predicted molar refractivity (Wildman–Crippen MR) is 61.7 cm³/mol. The molecule has 0 saturated carbocycles. The van der Waals surface area contributed by atoms with Gasteiger partial charge < -0.3 is 10.0 Å². The van der Waals surface area contributed by atoms with Crippen LogP contribution in [0.25, 0.3) is 0 Å². The van der Waals surface area contributed by atoms with E-state index >= 15 is 0 Å². The fourth-order valence-electron chi connectivity index (χ4n) is 1.66. The molecule has 15 heavy (non-hydrogen) atoms. The summed E-state index contributed by atoms with van der Waals surface area (Å²) >= 11 is 0. The smallest absolute Gasteiger partial charge is 0.335 e. The van der Waals surface area contributed by atoms with E-state index in [0.29, 0.717) is 5.56 Å². The first kappa shape index (κ1) is 11.6. The van der Waals surface area contributed by atoms with E-state index in [2.05, 4.69) is 18.7 Å². The Morgan fingerprint density at radius 3 is 2.33 bits per heavy atom. The van der Waals surface area contributed by atoms with E-state index in [0.717, 1.165) is 24.3 Å². The molecule has 0 unspecified atom stereocenters. The van der Waals surface area contributed by atoms with Crippen molar-refractivity contribution < 1.29 is 9.90 Å². The Hall–Kier alpha value is -1.51. The molecule has 3 heteroatoms. The molecule has 0 fully saturated rings. The van der Waals surface area contributed by atoms with Crippen LogP contribution in [0.4, 0.5) is 5.69 Å². The summed E-state index contributed by atoms with van der Waals surface area (Å²) in [7, 11) is 0. The van der Waals surface area contributed by atoms with E-state index in [1.165, 1.54) is 0 Å². The third-order valence-corrected chi connectivity index (χ3v) is 2.44. The highest BCUT2D eigenvalue weighted by atomic mass is 16.4. The lowest BCUT2D eigenvalue weighted by Crippen LogP contribution is -2.22. The molecule has 0 aliphatic rings. The number of carboxylic acid groups (broad SMARTS) is 1. The van der Waals surface area contributed by atoms with Gasteiger partial charge >= 0.3 is 5.97 Å². The zero-order chi connectivity index (χ0) is 11.4. The van der Waals surface area contributed by atoms with Crippen molar-refractivity contribution in [1.82, 2.24) is 0 Å². The predicted octanol–water partition coefficient (Wildman–Crippen LogP) is 2.54. The monoisotopic (exact) mass is 207 g/mol. The van der Waals surface area contributed by atoms with Gasteiger partial charge in [0.2, 0.25) is 0 Å². The zero-order valence-corrected chi connectivity index (χ0v) is 9.45. The number of benzene rings is 1. The summed E-state index contributed by atoms with van der Waals surface area (Å²) in [6, 6.07) is 5.43. The van der Waals surface area contributed by atoms with Crippen molar-refractivity contribution in [2.45, 2.75) is 20.8 Å². The summed E-state index contributed by atoms with van der Waals surface area (Å²) in [6.45, 7) is 7.82. The number of nitrogens with zero attached hydrogens (tertiary/aromatic N) is 1. The van der Waals surface area contributed by atoms with Crippen molar-refractivity contribution in [3.05, 3.63) is 29.3 Å². The van der Waals surface area contributed by atoms with Crippen LogP contribution in [0.5, 0.6) is 0 Å². The molecule has 0 amide bonds. The van der Waals surface area contributed by atoms with Gasteiger partial charge in [-0.2, -0.15) is 0 Å². The lowest BCUT2D eigenvalue weighted by atomic mass is 10.1. The van der Waals surface area contributed by atoms with Gasteiger partial charge in [-0.15, -0.1) is 0 Å². The van der Waals surface area contributed by atoms with Crippen LogP contribution in [0.3, 0.4) is 0 Å². The minimum atomic E-state index is -0.868. The van der Waals surface area contributed by atoms with Gasteiger partial charge in [-0.25, -0.2) is 4.79 Å². The van der Waals surface area contributed by atoms with Crippen LogP contribution in [-0.4, -0.2) is 24.2 Å². The maximum absolute atomic E-state index is 10.9. The molecule has 0 bridgehead atoms. The summed E-state index contributed by atoms with van der Waals surface area (Å²) in [5, 5.41) is 8.94. The Labute approximate surface area is 90.3 Å². The Balaban J connectivity index is 3.13.